The quantitative estimate of drug-likeness (QED) is 0.661. The zero-order valence-electron chi connectivity index (χ0n) is 10.1. The fourth-order valence-corrected chi connectivity index (χ4v) is 3.14. The van der Waals surface area contributed by atoms with Gasteiger partial charge in [0.1, 0.15) is 0 Å². The van der Waals surface area contributed by atoms with Crippen LogP contribution in [0.1, 0.15) is 5.56 Å². The van der Waals surface area contributed by atoms with E-state index >= 15 is 0 Å². The predicted molar refractivity (Wildman–Crippen MR) is 84.1 cm³/mol. The van der Waals surface area contributed by atoms with Gasteiger partial charge in [-0.15, -0.1) is 0 Å². The number of nitrogens with one attached hydrogen (secondary N) is 1. The molecule has 5 heteroatoms. The van der Waals surface area contributed by atoms with E-state index in [0.29, 0.717) is 10.0 Å². The molecule has 0 unspecified atom stereocenters. The molecule has 0 aliphatic rings. The van der Waals surface area contributed by atoms with E-state index in [2.05, 4.69) is 29.4 Å². The number of thiazole rings is 1. The summed E-state index contributed by atoms with van der Waals surface area (Å²) < 4.78 is 1.15. The molecule has 0 spiro atoms. The van der Waals surface area contributed by atoms with E-state index in [1.165, 1.54) is 5.56 Å². The van der Waals surface area contributed by atoms with Crippen LogP contribution in [0.4, 0.5) is 10.8 Å². The number of halogens is 2. The van der Waals surface area contributed by atoms with Crippen molar-refractivity contribution in [3.05, 3.63) is 52.0 Å². The third-order valence-electron chi connectivity index (χ3n) is 2.79. The topological polar surface area (TPSA) is 24.9 Å². The molecule has 2 nitrogen and oxygen atoms in total. The zero-order valence-corrected chi connectivity index (χ0v) is 12.4. The van der Waals surface area contributed by atoms with E-state index in [-0.39, 0.29) is 0 Å². The summed E-state index contributed by atoms with van der Waals surface area (Å²) in [5.74, 6) is 0. The Bertz CT molecular complexity index is 752. The van der Waals surface area contributed by atoms with E-state index < -0.39 is 0 Å². The van der Waals surface area contributed by atoms with Crippen LogP contribution >= 0.6 is 34.5 Å². The molecule has 0 radical (unpaired) electrons. The summed E-state index contributed by atoms with van der Waals surface area (Å²) in [6.45, 7) is 2.05. The van der Waals surface area contributed by atoms with Gasteiger partial charge in [-0.1, -0.05) is 46.7 Å². The molecular formula is C14H10Cl2N2S. The normalized spacial score (nSPS) is 10.9. The summed E-state index contributed by atoms with van der Waals surface area (Å²) in [5, 5.41) is 5.30. The molecule has 1 N–H and O–H groups in total. The standard InChI is InChI=1S/C14H10Cl2N2S/c1-8-3-2-4-12-13(8)18-14(19-12)17-11-7-9(15)5-6-10(11)16/h2-7H,1H3,(H,17,18). The van der Waals surface area contributed by atoms with Crippen molar-refractivity contribution in [1.82, 2.24) is 4.98 Å². The van der Waals surface area contributed by atoms with Crippen LogP contribution in [0.2, 0.25) is 10.0 Å². The highest BCUT2D eigenvalue weighted by molar-refractivity contribution is 7.22. The Hall–Kier alpha value is -1.29. The number of aromatic nitrogens is 1. The van der Waals surface area contributed by atoms with Gasteiger partial charge in [-0.2, -0.15) is 0 Å². The van der Waals surface area contributed by atoms with Crippen LogP contribution in [0.25, 0.3) is 10.2 Å². The Morgan fingerprint density at radius 3 is 2.79 bits per heavy atom. The minimum absolute atomic E-state index is 0.625. The lowest BCUT2D eigenvalue weighted by Crippen LogP contribution is -1.90. The first-order valence-electron chi connectivity index (χ1n) is 5.72. The van der Waals surface area contributed by atoms with Crippen LogP contribution in [0.15, 0.2) is 36.4 Å². The molecular weight excluding hydrogens is 299 g/mol. The van der Waals surface area contributed by atoms with E-state index in [4.69, 9.17) is 23.2 Å². The number of para-hydroxylation sites is 1. The molecule has 0 atom stereocenters. The lowest BCUT2D eigenvalue weighted by Gasteiger charge is -2.05. The second-order valence-electron chi connectivity index (χ2n) is 4.19. The van der Waals surface area contributed by atoms with Crippen molar-refractivity contribution in [2.75, 3.05) is 5.32 Å². The second kappa shape index (κ2) is 5.00. The van der Waals surface area contributed by atoms with Crippen LogP contribution in [-0.4, -0.2) is 4.98 Å². The summed E-state index contributed by atoms with van der Waals surface area (Å²) in [6, 6.07) is 11.5. The monoisotopic (exact) mass is 308 g/mol. The van der Waals surface area contributed by atoms with Gasteiger partial charge in [0.2, 0.25) is 0 Å². The van der Waals surface area contributed by atoms with Crippen molar-refractivity contribution in [2.24, 2.45) is 0 Å². The first kappa shape index (κ1) is 12.7. The van der Waals surface area contributed by atoms with Crippen molar-refractivity contribution in [1.29, 1.82) is 0 Å². The van der Waals surface area contributed by atoms with Gasteiger partial charge in [-0.05, 0) is 36.8 Å². The largest absolute Gasteiger partial charge is 0.330 e. The van der Waals surface area contributed by atoms with E-state index in [1.54, 1.807) is 29.5 Å². The summed E-state index contributed by atoms with van der Waals surface area (Å²) >= 11 is 13.7. The molecule has 0 amide bonds. The third kappa shape index (κ3) is 2.54. The number of hydrogen-bond donors (Lipinski definition) is 1. The van der Waals surface area contributed by atoms with Crippen LogP contribution in [0.3, 0.4) is 0 Å². The summed E-state index contributed by atoms with van der Waals surface area (Å²) in [7, 11) is 0. The molecule has 0 saturated heterocycles. The fraction of sp³-hybridized carbons (Fsp3) is 0.0714. The number of fused-ring (bicyclic) bond motifs is 1. The minimum atomic E-state index is 0.625. The average molecular weight is 309 g/mol. The molecule has 1 heterocycles. The Morgan fingerprint density at radius 2 is 2.00 bits per heavy atom. The van der Waals surface area contributed by atoms with Crippen molar-refractivity contribution in [2.45, 2.75) is 6.92 Å². The van der Waals surface area contributed by atoms with Gasteiger partial charge in [0.25, 0.3) is 0 Å². The first-order chi connectivity index (χ1) is 9.13. The predicted octanol–water partition coefficient (Wildman–Crippen LogP) is 5.66. The van der Waals surface area contributed by atoms with Gasteiger partial charge >= 0.3 is 0 Å². The number of anilines is 2. The third-order valence-corrected chi connectivity index (χ3v) is 4.29. The Balaban J connectivity index is 2.01. The van der Waals surface area contributed by atoms with E-state index in [1.807, 2.05) is 6.07 Å². The van der Waals surface area contributed by atoms with Crippen LogP contribution in [0.5, 0.6) is 0 Å². The van der Waals surface area contributed by atoms with E-state index in [9.17, 15) is 0 Å². The van der Waals surface area contributed by atoms with Gasteiger partial charge in [0.15, 0.2) is 5.13 Å². The highest BCUT2D eigenvalue weighted by atomic mass is 35.5. The first-order valence-corrected chi connectivity index (χ1v) is 7.29. The molecule has 0 aliphatic heterocycles. The Labute approximate surface area is 125 Å². The molecule has 19 heavy (non-hydrogen) atoms. The van der Waals surface area contributed by atoms with Gasteiger partial charge in [0.05, 0.1) is 20.9 Å². The summed E-state index contributed by atoms with van der Waals surface area (Å²) in [5.41, 5.74) is 2.96. The van der Waals surface area contributed by atoms with Crippen molar-refractivity contribution >= 4 is 55.6 Å². The highest BCUT2D eigenvalue weighted by Crippen LogP contribution is 2.33. The number of benzene rings is 2. The van der Waals surface area contributed by atoms with Gasteiger partial charge in [0, 0.05) is 5.02 Å². The molecule has 0 aliphatic carbocycles. The SMILES string of the molecule is Cc1cccc2sc(Nc3cc(Cl)ccc3Cl)nc12. The molecule has 96 valence electrons. The summed E-state index contributed by atoms with van der Waals surface area (Å²) in [4.78, 5) is 4.58. The highest BCUT2D eigenvalue weighted by Gasteiger charge is 2.08. The number of hydrogen-bond acceptors (Lipinski definition) is 3. The smallest absolute Gasteiger partial charge is 0.188 e. The molecule has 1 aromatic heterocycles. The molecule has 3 aromatic rings. The molecule has 0 fully saturated rings. The minimum Gasteiger partial charge on any atom is -0.330 e. The number of rotatable bonds is 2. The second-order valence-corrected chi connectivity index (χ2v) is 6.06. The van der Waals surface area contributed by atoms with E-state index in [0.717, 1.165) is 21.0 Å². The van der Waals surface area contributed by atoms with Crippen LogP contribution < -0.4 is 5.32 Å². The maximum Gasteiger partial charge on any atom is 0.188 e. The average Bonchev–Trinajstić information content (AvgIpc) is 2.78. The van der Waals surface area contributed by atoms with Crippen LogP contribution in [-0.2, 0) is 0 Å². The molecule has 2 aromatic carbocycles. The Kier molecular flexibility index (Phi) is 3.35. The van der Waals surface area contributed by atoms with Crippen molar-refractivity contribution in [3.8, 4) is 0 Å². The lowest BCUT2D eigenvalue weighted by molar-refractivity contribution is 1.40. The molecule has 0 saturated carbocycles. The van der Waals surface area contributed by atoms with Gasteiger partial charge < -0.3 is 5.32 Å². The maximum atomic E-state index is 6.13. The Morgan fingerprint density at radius 1 is 1.16 bits per heavy atom. The van der Waals surface area contributed by atoms with Gasteiger partial charge in [-0.25, -0.2) is 4.98 Å². The van der Waals surface area contributed by atoms with Crippen molar-refractivity contribution in [3.63, 3.8) is 0 Å². The van der Waals surface area contributed by atoms with Gasteiger partial charge in [-0.3, -0.25) is 0 Å². The van der Waals surface area contributed by atoms with Crippen LogP contribution in [0, 0.1) is 6.92 Å². The van der Waals surface area contributed by atoms with Crippen molar-refractivity contribution < 1.29 is 0 Å². The maximum absolute atomic E-state index is 6.13. The molecule has 0 bridgehead atoms. The fourth-order valence-electron chi connectivity index (χ4n) is 1.85. The lowest BCUT2D eigenvalue weighted by atomic mass is 10.2. The number of aryl methyl sites for hydroxylation is 1. The summed E-state index contributed by atoms with van der Waals surface area (Å²) in [6.07, 6.45) is 0. The number of nitrogens with zero attached hydrogens (tertiary/aromatic N) is 1. The molecule has 3 rings (SSSR count). The zero-order chi connectivity index (χ0) is 13.4.